The van der Waals surface area contributed by atoms with E-state index in [1.807, 2.05) is 6.07 Å². The zero-order chi connectivity index (χ0) is 22.3. The van der Waals surface area contributed by atoms with Crippen LogP contribution in [0.5, 0.6) is 0 Å². The lowest BCUT2D eigenvalue weighted by atomic mass is 9.70. The third-order valence-electron chi connectivity index (χ3n) is 7.82. The molecule has 3 fully saturated rings. The molecule has 172 valence electrons. The first-order chi connectivity index (χ1) is 15.3. The van der Waals surface area contributed by atoms with Crippen LogP contribution < -0.4 is 4.90 Å². The lowest BCUT2D eigenvalue weighted by molar-refractivity contribution is -0.137. The van der Waals surface area contributed by atoms with Gasteiger partial charge >= 0.3 is 6.18 Å². The Hall–Kier alpha value is -1.86. The van der Waals surface area contributed by atoms with Crippen LogP contribution in [0.3, 0.4) is 0 Å². The molecular weight excluding hydrogens is 437 g/mol. The number of hydrogen-bond acceptors (Lipinski definition) is 4. The molecule has 8 heteroatoms. The molecule has 2 saturated heterocycles. The number of benzene rings is 1. The topological polar surface area (TPSA) is 32.3 Å². The van der Waals surface area contributed by atoms with Crippen LogP contribution in [0.1, 0.15) is 50.5 Å². The number of halogens is 4. The number of anilines is 1. The normalized spacial score (nSPS) is 22.2. The van der Waals surface area contributed by atoms with Crippen molar-refractivity contribution >= 4 is 17.4 Å². The smallest absolute Gasteiger partial charge is 0.355 e. The van der Waals surface area contributed by atoms with Gasteiger partial charge in [-0.3, -0.25) is 0 Å². The molecule has 0 N–H and O–H groups in total. The molecule has 5 rings (SSSR count). The first-order valence-electron chi connectivity index (χ1n) is 11.5. The molecule has 2 aliphatic heterocycles. The molecule has 3 heterocycles. The summed E-state index contributed by atoms with van der Waals surface area (Å²) in [5.41, 5.74) is 0.373. The van der Waals surface area contributed by atoms with Crippen molar-refractivity contribution in [3.8, 4) is 11.3 Å². The number of likely N-dealkylation sites (tertiary alicyclic amines) is 1. The summed E-state index contributed by atoms with van der Waals surface area (Å²) in [5.74, 6) is 0.792. The van der Waals surface area contributed by atoms with Crippen LogP contribution in [-0.2, 0) is 6.18 Å². The highest BCUT2D eigenvalue weighted by Gasteiger charge is 2.40. The van der Waals surface area contributed by atoms with Crippen LogP contribution in [0.4, 0.5) is 19.0 Å². The molecule has 2 aromatic rings. The number of aromatic nitrogens is 2. The molecule has 1 saturated carbocycles. The molecule has 0 amide bonds. The predicted molar refractivity (Wildman–Crippen MR) is 120 cm³/mol. The summed E-state index contributed by atoms with van der Waals surface area (Å²) in [5, 5.41) is 8.24. The van der Waals surface area contributed by atoms with E-state index < -0.39 is 11.7 Å². The summed E-state index contributed by atoms with van der Waals surface area (Å²) in [7, 11) is 0. The minimum absolute atomic E-state index is 0.313. The summed E-state index contributed by atoms with van der Waals surface area (Å²) in [6.07, 6.45) is 4.56. The van der Waals surface area contributed by atoms with Crippen LogP contribution in [0.25, 0.3) is 11.3 Å². The van der Waals surface area contributed by atoms with Crippen molar-refractivity contribution in [2.75, 3.05) is 31.1 Å². The summed E-state index contributed by atoms with van der Waals surface area (Å²) < 4.78 is 39.5. The van der Waals surface area contributed by atoms with Crippen molar-refractivity contribution in [2.45, 2.75) is 57.2 Å². The van der Waals surface area contributed by atoms with E-state index in [2.05, 4.69) is 20.0 Å². The lowest BCUT2D eigenvalue weighted by Gasteiger charge is -2.50. The number of alkyl halides is 3. The average molecular weight is 465 g/mol. The van der Waals surface area contributed by atoms with Crippen molar-refractivity contribution in [1.82, 2.24) is 15.1 Å². The minimum Gasteiger partial charge on any atom is -0.355 e. The Kier molecular flexibility index (Phi) is 5.82. The van der Waals surface area contributed by atoms with E-state index in [1.54, 1.807) is 12.1 Å². The van der Waals surface area contributed by atoms with Gasteiger partial charge in [0.05, 0.1) is 16.3 Å². The SMILES string of the molecule is FC(F)(F)c1cc(-c2ccc(N3CCC4(CC3)CCN(C3CCC3)CC4)nn2)ccc1Cl. The maximum atomic E-state index is 13.2. The Morgan fingerprint density at radius 3 is 2.16 bits per heavy atom. The summed E-state index contributed by atoms with van der Waals surface area (Å²) in [4.78, 5) is 4.95. The minimum atomic E-state index is -4.50. The fourth-order valence-corrected chi connectivity index (χ4v) is 5.60. The van der Waals surface area contributed by atoms with Crippen molar-refractivity contribution < 1.29 is 13.2 Å². The van der Waals surface area contributed by atoms with E-state index in [4.69, 9.17) is 11.6 Å². The van der Waals surface area contributed by atoms with Gasteiger partial charge in [0, 0.05) is 24.7 Å². The summed E-state index contributed by atoms with van der Waals surface area (Å²) in [6, 6.07) is 8.28. The lowest BCUT2D eigenvalue weighted by Crippen LogP contribution is -2.51. The monoisotopic (exact) mass is 464 g/mol. The van der Waals surface area contributed by atoms with Gasteiger partial charge in [-0.15, -0.1) is 10.2 Å². The molecule has 1 aliphatic carbocycles. The summed E-state index contributed by atoms with van der Waals surface area (Å²) in [6.45, 7) is 4.38. The second kappa shape index (κ2) is 8.49. The molecule has 0 radical (unpaired) electrons. The molecule has 1 aromatic heterocycles. The van der Waals surface area contributed by atoms with Crippen LogP contribution in [0.2, 0.25) is 5.02 Å². The molecule has 1 spiro atoms. The maximum Gasteiger partial charge on any atom is 0.417 e. The van der Waals surface area contributed by atoms with Gasteiger partial charge in [-0.05, 0) is 81.3 Å². The van der Waals surface area contributed by atoms with Crippen LogP contribution in [0, 0.1) is 5.41 Å². The Morgan fingerprint density at radius 2 is 1.59 bits per heavy atom. The number of rotatable bonds is 3. The number of piperidine rings is 2. The molecule has 1 aromatic carbocycles. The van der Waals surface area contributed by atoms with Crippen molar-refractivity contribution in [3.63, 3.8) is 0 Å². The number of nitrogens with zero attached hydrogens (tertiary/aromatic N) is 4. The highest BCUT2D eigenvalue weighted by atomic mass is 35.5. The molecule has 0 atom stereocenters. The molecular formula is C24H28ClF3N4. The first kappa shape index (κ1) is 22.0. The highest BCUT2D eigenvalue weighted by Crippen LogP contribution is 2.43. The zero-order valence-electron chi connectivity index (χ0n) is 18.0. The first-order valence-corrected chi connectivity index (χ1v) is 11.9. The third kappa shape index (κ3) is 4.34. The largest absolute Gasteiger partial charge is 0.417 e. The van der Waals surface area contributed by atoms with E-state index in [1.165, 1.54) is 64.1 Å². The van der Waals surface area contributed by atoms with Crippen molar-refractivity contribution in [1.29, 1.82) is 0 Å². The average Bonchev–Trinajstić information content (AvgIpc) is 2.75. The fraction of sp³-hybridized carbons (Fsp3) is 0.583. The summed E-state index contributed by atoms with van der Waals surface area (Å²) >= 11 is 5.72. The van der Waals surface area contributed by atoms with Gasteiger partial charge in [0.1, 0.15) is 0 Å². The zero-order valence-corrected chi connectivity index (χ0v) is 18.8. The van der Waals surface area contributed by atoms with Crippen molar-refractivity contribution in [2.24, 2.45) is 5.41 Å². The molecule has 3 aliphatic rings. The third-order valence-corrected chi connectivity index (χ3v) is 8.15. The predicted octanol–water partition coefficient (Wildman–Crippen LogP) is 6.05. The Balaban J connectivity index is 1.21. The van der Waals surface area contributed by atoms with E-state index in [9.17, 15) is 13.2 Å². The van der Waals surface area contributed by atoms with Crippen LogP contribution in [0.15, 0.2) is 30.3 Å². The van der Waals surface area contributed by atoms with E-state index in [0.717, 1.165) is 31.0 Å². The van der Waals surface area contributed by atoms with Gasteiger partial charge in [-0.1, -0.05) is 24.1 Å². The molecule has 32 heavy (non-hydrogen) atoms. The maximum absolute atomic E-state index is 13.2. The Morgan fingerprint density at radius 1 is 0.906 bits per heavy atom. The van der Waals surface area contributed by atoms with Gasteiger partial charge < -0.3 is 9.80 Å². The number of hydrogen-bond donors (Lipinski definition) is 0. The van der Waals surface area contributed by atoms with Crippen LogP contribution >= 0.6 is 11.6 Å². The second-order valence-corrected chi connectivity index (χ2v) is 9.98. The fourth-order valence-electron chi connectivity index (χ4n) is 5.38. The van der Waals surface area contributed by atoms with Gasteiger partial charge in [0.15, 0.2) is 5.82 Å². The van der Waals surface area contributed by atoms with E-state index >= 15 is 0 Å². The Bertz CT molecular complexity index is 941. The second-order valence-electron chi connectivity index (χ2n) is 9.58. The Labute approximate surface area is 191 Å². The van der Waals surface area contributed by atoms with Crippen LogP contribution in [-0.4, -0.2) is 47.3 Å². The van der Waals surface area contributed by atoms with E-state index in [-0.39, 0.29) is 5.02 Å². The standard InChI is InChI=1S/C24H28ClF3N4/c25-20-5-4-17(16-19(20)24(26,27)28)21-6-7-22(30-29-21)32-14-10-23(11-15-32)8-12-31(13-9-23)18-2-1-3-18/h4-7,16,18H,1-3,8-15H2. The highest BCUT2D eigenvalue weighted by molar-refractivity contribution is 6.31. The van der Waals surface area contributed by atoms with Gasteiger partial charge in [-0.2, -0.15) is 13.2 Å². The van der Waals surface area contributed by atoms with E-state index in [0.29, 0.717) is 16.7 Å². The van der Waals surface area contributed by atoms with Gasteiger partial charge in [0.2, 0.25) is 0 Å². The molecule has 0 bridgehead atoms. The molecule has 4 nitrogen and oxygen atoms in total. The van der Waals surface area contributed by atoms with Gasteiger partial charge in [-0.25, -0.2) is 0 Å². The molecule has 0 unspecified atom stereocenters. The van der Waals surface area contributed by atoms with Crippen molar-refractivity contribution in [3.05, 3.63) is 40.9 Å². The van der Waals surface area contributed by atoms with Gasteiger partial charge in [0.25, 0.3) is 0 Å². The quantitative estimate of drug-likeness (QED) is 0.553.